The number of likely N-dealkylation sites (N-methyl/N-ethyl adjacent to an activating group) is 1. The van der Waals surface area contributed by atoms with Crippen LogP contribution in [-0.4, -0.2) is 35.1 Å². The SMILES string of the molecule is CC(C)C1C(O)CCC(=O)N1C. The number of hydrogen-bond acceptors (Lipinski definition) is 2. The van der Waals surface area contributed by atoms with Gasteiger partial charge in [-0.05, 0) is 12.3 Å². The van der Waals surface area contributed by atoms with Crippen molar-refractivity contribution < 1.29 is 9.90 Å². The van der Waals surface area contributed by atoms with Crippen molar-refractivity contribution in [1.29, 1.82) is 0 Å². The Hall–Kier alpha value is -0.570. The maximum absolute atomic E-state index is 11.3. The lowest BCUT2D eigenvalue weighted by Crippen LogP contribution is -2.51. The molecule has 1 fully saturated rings. The number of aliphatic hydroxyl groups is 1. The average molecular weight is 171 g/mol. The summed E-state index contributed by atoms with van der Waals surface area (Å²) in [6, 6.07) is 0.00579. The van der Waals surface area contributed by atoms with Crippen LogP contribution in [0.3, 0.4) is 0 Å². The second-order valence-corrected chi connectivity index (χ2v) is 3.85. The minimum atomic E-state index is -0.340. The summed E-state index contributed by atoms with van der Waals surface area (Å²) in [5.41, 5.74) is 0. The predicted octanol–water partition coefficient (Wildman–Crippen LogP) is 0.624. The molecule has 0 aromatic heterocycles. The van der Waals surface area contributed by atoms with E-state index in [2.05, 4.69) is 0 Å². The van der Waals surface area contributed by atoms with Gasteiger partial charge in [0, 0.05) is 13.5 Å². The molecule has 3 nitrogen and oxygen atoms in total. The van der Waals surface area contributed by atoms with Crippen molar-refractivity contribution in [2.24, 2.45) is 5.92 Å². The summed E-state index contributed by atoms with van der Waals surface area (Å²) in [7, 11) is 1.77. The molecule has 2 atom stereocenters. The van der Waals surface area contributed by atoms with Crippen LogP contribution in [0.5, 0.6) is 0 Å². The van der Waals surface area contributed by atoms with Crippen molar-refractivity contribution in [1.82, 2.24) is 4.90 Å². The molecule has 0 saturated carbocycles. The van der Waals surface area contributed by atoms with E-state index in [0.717, 1.165) is 0 Å². The molecule has 70 valence electrons. The Morgan fingerprint density at radius 3 is 2.58 bits per heavy atom. The highest BCUT2D eigenvalue weighted by atomic mass is 16.3. The zero-order valence-corrected chi connectivity index (χ0v) is 7.95. The lowest BCUT2D eigenvalue weighted by molar-refractivity contribution is -0.141. The molecule has 12 heavy (non-hydrogen) atoms. The molecule has 0 radical (unpaired) electrons. The smallest absolute Gasteiger partial charge is 0.222 e. The predicted molar refractivity (Wildman–Crippen MR) is 46.6 cm³/mol. The van der Waals surface area contributed by atoms with Crippen LogP contribution >= 0.6 is 0 Å². The Balaban J connectivity index is 2.71. The summed E-state index contributed by atoms with van der Waals surface area (Å²) in [5, 5.41) is 9.63. The normalized spacial score (nSPS) is 31.4. The van der Waals surface area contributed by atoms with Gasteiger partial charge in [-0.3, -0.25) is 4.79 Å². The molecular formula is C9H17NO2. The number of aliphatic hydroxyl groups excluding tert-OH is 1. The standard InChI is InChI=1S/C9H17NO2/c1-6(2)9-7(11)4-5-8(12)10(9)3/h6-7,9,11H,4-5H2,1-3H3. The summed E-state index contributed by atoms with van der Waals surface area (Å²) in [4.78, 5) is 12.9. The molecule has 1 amide bonds. The Bertz CT molecular complexity index is 179. The third kappa shape index (κ3) is 1.61. The minimum Gasteiger partial charge on any atom is -0.391 e. The van der Waals surface area contributed by atoms with Crippen LogP contribution in [0.25, 0.3) is 0 Å². The van der Waals surface area contributed by atoms with E-state index in [9.17, 15) is 9.90 Å². The van der Waals surface area contributed by atoms with E-state index in [-0.39, 0.29) is 18.1 Å². The summed E-state index contributed by atoms with van der Waals surface area (Å²) < 4.78 is 0. The second-order valence-electron chi connectivity index (χ2n) is 3.85. The first kappa shape index (κ1) is 9.52. The van der Waals surface area contributed by atoms with Crippen LogP contribution < -0.4 is 0 Å². The van der Waals surface area contributed by atoms with Gasteiger partial charge >= 0.3 is 0 Å². The fourth-order valence-electron chi connectivity index (χ4n) is 1.93. The first-order valence-corrected chi connectivity index (χ1v) is 4.47. The van der Waals surface area contributed by atoms with Gasteiger partial charge in [-0.1, -0.05) is 13.8 Å². The monoisotopic (exact) mass is 171 g/mol. The number of hydrogen-bond donors (Lipinski definition) is 1. The van der Waals surface area contributed by atoms with Gasteiger partial charge < -0.3 is 10.0 Å². The number of nitrogens with zero attached hydrogens (tertiary/aromatic N) is 1. The van der Waals surface area contributed by atoms with Crippen molar-refractivity contribution >= 4 is 5.91 Å². The molecule has 1 aliphatic rings. The van der Waals surface area contributed by atoms with Crippen molar-refractivity contribution in [3.05, 3.63) is 0 Å². The average Bonchev–Trinajstić information content (AvgIpc) is 1.97. The van der Waals surface area contributed by atoms with E-state index in [1.165, 1.54) is 0 Å². The van der Waals surface area contributed by atoms with Gasteiger partial charge in [0.05, 0.1) is 12.1 Å². The molecular weight excluding hydrogens is 154 g/mol. The molecule has 3 heteroatoms. The molecule has 2 unspecified atom stereocenters. The topological polar surface area (TPSA) is 40.5 Å². The number of likely N-dealkylation sites (tertiary alicyclic amines) is 1. The van der Waals surface area contributed by atoms with Crippen molar-refractivity contribution in [2.75, 3.05) is 7.05 Å². The third-order valence-electron chi connectivity index (χ3n) is 2.57. The largest absolute Gasteiger partial charge is 0.391 e. The number of amides is 1. The molecule has 0 aromatic carbocycles. The second kappa shape index (κ2) is 3.44. The Kier molecular flexibility index (Phi) is 2.73. The molecule has 1 aliphatic heterocycles. The quantitative estimate of drug-likeness (QED) is 0.628. The van der Waals surface area contributed by atoms with E-state index >= 15 is 0 Å². The van der Waals surface area contributed by atoms with Crippen LogP contribution in [0.4, 0.5) is 0 Å². The van der Waals surface area contributed by atoms with Gasteiger partial charge in [-0.25, -0.2) is 0 Å². The summed E-state index contributed by atoms with van der Waals surface area (Å²) in [6.07, 6.45) is 0.764. The van der Waals surface area contributed by atoms with E-state index in [1.807, 2.05) is 13.8 Å². The van der Waals surface area contributed by atoms with Crippen LogP contribution in [0.2, 0.25) is 0 Å². The van der Waals surface area contributed by atoms with Gasteiger partial charge in [0.15, 0.2) is 0 Å². The molecule has 1 saturated heterocycles. The highest BCUT2D eigenvalue weighted by Gasteiger charge is 2.33. The maximum Gasteiger partial charge on any atom is 0.222 e. The zero-order valence-electron chi connectivity index (χ0n) is 7.95. The van der Waals surface area contributed by atoms with Gasteiger partial charge in [0.25, 0.3) is 0 Å². The number of carbonyl (C=O) groups is 1. The van der Waals surface area contributed by atoms with Crippen molar-refractivity contribution in [3.8, 4) is 0 Å². The third-order valence-corrected chi connectivity index (χ3v) is 2.57. The zero-order chi connectivity index (χ0) is 9.30. The van der Waals surface area contributed by atoms with Gasteiger partial charge in [0.2, 0.25) is 5.91 Å². The Labute approximate surface area is 73.4 Å². The molecule has 1 heterocycles. The highest BCUT2D eigenvalue weighted by Crippen LogP contribution is 2.22. The molecule has 1 N–H and O–H groups in total. The van der Waals surface area contributed by atoms with Crippen LogP contribution in [-0.2, 0) is 4.79 Å². The minimum absolute atomic E-state index is 0.00579. The fourth-order valence-corrected chi connectivity index (χ4v) is 1.93. The molecule has 0 spiro atoms. The van der Waals surface area contributed by atoms with E-state index in [1.54, 1.807) is 11.9 Å². The van der Waals surface area contributed by atoms with E-state index < -0.39 is 0 Å². The molecule has 0 bridgehead atoms. The summed E-state index contributed by atoms with van der Waals surface area (Å²) >= 11 is 0. The number of carbonyl (C=O) groups excluding carboxylic acids is 1. The Morgan fingerprint density at radius 1 is 1.58 bits per heavy atom. The Morgan fingerprint density at radius 2 is 2.17 bits per heavy atom. The van der Waals surface area contributed by atoms with Crippen molar-refractivity contribution in [3.63, 3.8) is 0 Å². The molecule has 0 aliphatic carbocycles. The summed E-state index contributed by atoms with van der Waals surface area (Å²) in [6.45, 7) is 4.06. The molecule has 0 aromatic rings. The van der Waals surface area contributed by atoms with E-state index in [4.69, 9.17) is 0 Å². The van der Waals surface area contributed by atoms with Crippen LogP contribution in [0, 0.1) is 5.92 Å². The number of piperidine rings is 1. The van der Waals surface area contributed by atoms with Crippen molar-refractivity contribution in [2.45, 2.75) is 38.8 Å². The van der Waals surface area contributed by atoms with Crippen LogP contribution in [0.1, 0.15) is 26.7 Å². The lowest BCUT2D eigenvalue weighted by atomic mass is 9.90. The van der Waals surface area contributed by atoms with Gasteiger partial charge in [-0.2, -0.15) is 0 Å². The summed E-state index contributed by atoms with van der Waals surface area (Å²) in [5.74, 6) is 0.480. The first-order chi connectivity index (χ1) is 5.54. The fraction of sp³-hybridized carbons (Fsp3) is 0.889. The lowest BCUT2D eigenvalue weighted by Gasteiger charge is -2.38. The van der Waals surface area contributed by atoms with Crippen LogP contribution in [0.15, 0.2) is 0 Å². The highest BCUT2D eigenvalue weighted by molar-refractivity contribution is 5.77. The van der Waals surface area contributed by atoms with E-state index in [0.29, 0.717) is 18.8 Å². The first-order valence-electron chi connectivity index (χ1n) is 4.47. The number of rotatable bonds is 1. The molecule has 1 rings (SSSR count). The van der Waals surface area contributed by atoms with Gasteiger partial charge in [-0.15, -0.1) is 0 Å². The van der Waals surface area contributed by atoms with Gasteiger partial charge in [0.1, 0.15) is 0 Å². The maximum atomic E-state index is 11.3.